The molecule has 174 valence electrons. The van der Waals surface area contributed by atoms with E-state index in [2.05, 4.69) is 5.32 Å². The summed E-state index contributed by atoms with van der Waals surface area (Å²) in [5, 5.41) is 13.7. The van der Waals surface area contributed by atoms with Gasteiger partial charge >= 0.3 is 0 Å². The number of nitrogens with zero attached hydrogens (tertiary/aromatic N) is 2. The first kappa shape index (κ1) is 25.1. The summed E-state index contributed by atoms with van der Waals surface area (Å²) in [7, 11) is -6.10. The van der Waals surface area contributed by atoms with Crippen molar-refractivity contribution in [3.8, 4) is 5.75 Å². The van der Waals surface area contributed by atoms with Gasteiger partial charge in [-0.15, -0.1) is 0 Å². The van der Waals surface area contributed by atoms with Crippen LogP contribution in [0.2, 0.25) is 0 Å². The second kappa shape index (κ2) is 9.53. The Bertz CT molecular complexity index is 1230. The number of non-ortho nitro benzene ring substituents is 1. The molecule has 0 spiro atoms. The summed E-state index contributed by atoms with van der Waals surface area (Å²) >= 11 is 0. The Hall–Kier alpha value is -3.19. The smallest absolute Gasteiger partial charge is 0.271 e. The Balaban J connectivity index is 2.28. The highest BCUT2D eigenvalue weighted by atomic mass is 32.2. The molecule has 2 aromatic carbocycles. The summed E-state index contributed by atoms with van der Waals surface area (Å²) in [4.78, 5) is 23.2. The lowest BCUT2D eigenvalue weighted by atomic mass is 10.1. The molecular weight excluding hydrogens is 462 g/mol. The summed E-state index contributed by atoms with van der Waals surface area (Å²) in [6, 6.07) is 8.75. The van der Waals surface area contributed by atoms with E-state index >= 15 is 0 Å². The van der Waals surface area contributed by atoms with E-state index in [-0.39, 0.29) is 22.0 Å². The van der Waals surface area contributed by atoms with Crippen molar-refractivity contribution >= 4 is 37.1 Å². The molecule has 0 aliphatic carbocycles. The summed E-state index contributed by atoms with van der Waals surface area (Å²) in [6.07, 6.45) is 1.95. The number of ether oxygens (including phenoxy) is 1. The molecule has 0 unspecified atom stereocenters. The maximum atomic E-state index is 12.6. The maximum absolute atomic E-state index is 12.6. The van der Waals surface area contributed by atoms with E-state index < -0.39 is 43.3 Å². The van der Waals surface area contributed by atoms with Crippen molar-refractivity contribution in [3.05, 3.63) is 58.1 Å². The van der Waals surface area contributed by atoms with Gasteiger partial charge in [0.2, 0.25) is 15.9 Å². The number of anilines is 1. The van der Waals surface area contributed by atoms with Crippen LogP contribution in [0.4, 0.5) is 11.4 Å². The Kier molecular flexibility index (Phi) is 7.46. The largest absolute Gasteiger partial charge is 0.495 e. The highest BCUT2D eigenvalue weighted by Crippen LogP contribution is 2.33. The summed E-state index contributed by atoms with van der Waals surface area (Å²) in [5.41, 5.74) is 0.0864. The van der Waals surface area contributed by atoms with Crippen molar-refractivity contribution in [2.45, 2.75) is 17.9 Å². The number of nitro groups is 1. The van der Waals surface area contributed by atoms with Crippen LogP contribution in [0.1, 0.15) is 18.5 Å². The third-order valence-electron chi connectivity index (χ3n) is 4.52. The van der Waals surface area contributed by atoms with Gasteiger partial charge in [0.25, 0.3) is 5.69 Å². The molecule has 2 aromatic rings. The minimum absolute atomic E-state index is 0.0400. The molecule has 0 aromatic heterocycles. The molecule has 0 fully saturated rings. The van der Waals surface area contributed by atoms with Crippen molar-refractivity contribution in [1.82, 2.24) is 5.32 Å². The first-order valence-electron chi connectivity index (χ1n) is 9.13. The number of hydrogen-bond acceptors (Lipinski definition) is 8. The Morgan fingerprint density at radius 2 is 1.72 bits per heavy atom. The SMILES string of the molecule is COc1ccc([N+](=O)[O-])cc1N(CC(=O)N[C@@H](C)c1ccc(S(C)(=O)=O)cc1)S(C)(=O)=O. The van der Waals surface area contributed by atoms with E-state index in [9.17, 15) is 31.7 Å². The molecule has 0 bridgehead atoms. The molecule has 32 heavy (non-hydrogen) atoms. The van der Waals surface area contributed by atoms with Gasteiger partial charge in [0.05, 0.1) is 29.2 Å². The Morgan fingerprint density at radius 1 is 1.12 bits per heavy atom. The summed E-state index contributed by atoms with van der Waals surface area (Å²) in [6.45, 7) is 0.994. The van der Waals surface area contributed by atoms with Crippen LogP contribution in [0, 0.1) is 10.1 Å². The van der Waals surface area contributed by atoms with Gasteiger partial charge in [0.1, 0.15) is 18.0 Å². The Labute approximate surface area is 186 Å². The van der Waals surface area contributed by atoms with Crippen molar-refractivity contribution in [2.24, 2.45) is 0 Å². The molecule has 1 atom stereocenters. The fourth-order valence-electron chi connectivity index (χ4n) is 2.87. The number of nitrogens with one attached hydrogen (secondary N) is 1. The lowest BCUT2D eigenvalue weighted by molar-refractivity contribution is -0.384. The van der Waals surface area contributed by atoms with Crippen LogP contribution in [0.25, 0.3) is 0 Å². The van der Waals surface area contributed by atoms with Crippen molar-refractivity contribution < 1.29 is 31.3 Å². The normalized spacial score (nSPS) is 12.6. The van der Waals surface area contributed by atoms with Gasteiger partial charge in [-0.05, 0) is 30.7 Å². The number of sulfonamides is 1. The van der Waals surface area contributed by atoms with Gasteiger partial charge in [-0.25, -0.2) is 16.8 Å². The first-order chi connectivity index (χ1) is 14.7. The zero-order chi connectivity index (χ0) is 24.3. The molecular formula is C19H23N3O8S2. The molecule has 0 saturated carbocycles. The molecule has 1 amide bonds. The van der Waals surface area contributed by atoms with E-state index in [0.29, 0.717) is 9.87 Å². The number of benzene rings is 2. The van der Waals surface area contributed by atoms with Gasteiger partial charge in [-0.1, -0.05) is 12.1 Å². The molecule has 13 heteroatoms. The summed E-state index contributed by atoms with van der Waals surface area (Å²) < 4.78 is 53.7. The third-order valence-corrected chi connectivity index (χ3v) is 6.77. The van der Waals surface area contributed by atoms with Gasteiger partial charge in [0.15, 0.2) is 9.84 Å². The Morgan fingerprint density at radius 3 is 2.19 bits per heavy atom. The van der Waals surface area contributed by atoms with Gasteiger partial charge < -0.3 is 10.1 Å². The molecule has 0 saturated heterocycles. The van der Waals surface area contributed by atoms with E-state index in [1.807, 2.05) is 0 Å². The average molecular weight is 486 g/mol. The van der Waals surface area contributed by atoms with Crippen LogP contribution in [0.15, 0.2) is 47.4 Å². The molecule has 0 aliphatic heterocycles. The van der Waals surface area contributed by atoms with Crippen LogP contribution >= 0.6 is 0 Å². The van der Waals surface area contributed by atoms with E-state index in [0.717, 1.165) is 24.6 Å². The number of hydrogen-bond donors (Lipinski definition) is 1. The van der Waals surface area contributed by atoms with Crippen LogP contribution in [0.3, 0.4) is 0 Å². The predicted octanol–water partition coefficient (Wildman–Crippen LogP) is 1.65. The number of amides is 1. The van der Waals surface area contributed by atoms with E-state index in [1.54, 1.807) is 19.1 Å². The van der Waals surface area contributed by atoms with Crippen molar-refractivity contribution in [1.29, 1.82) is 0 Å². The minimum atomic E-state index is -4.01. The van der Waals surface area contributed by atoms with Crippen LogP contribution < -0.4 is 14.4 Å². The fraction of sp³-hybridized carbons (Fsp3) is 0.316. The van der Waals surface area contributed by atoms with Gasteiger partial charge in [0, 0.05) is 18.4 Å². The molecule has 0 aliphatic rings. The van der Waals surface area contributed by atoms with Crippen LogP contribution in [-0.2, 0) is 24.7 Å². The van der Waals surface area contributed by atoms with Gasteiger partial charge in [-0.3, -0.25) is 19.2 Å². The molecule has 1 N–H and O–H groups in total. The molecule has 0 radical (unpaired) electrons. The number of nitro benzene ring substituents is 1. The fourth-order valence-corrected chi connectivity index (χ4v) is 4.35. The number of carbonyl (C=O) groups excluding carboxylic acids is 1. The average Bonchev–Trinajstić information content (AvgIpc) is 2.70. The van der Waals surface area contributed by atoms with Crippen LogP contribution in [0.5, 0.6) is 5.75 Å². The van der Waals surface area contributed by atoms with E-state index in [4.69, 9.17) is 4.74 Å². The molecule has 0 heterocycles. The zero-order valence-electron chi connectivity index (χ0n) is 17.8. The highest BCUT2D eigenvalue weighted by Gasteiger charge is 2.26. The first-order valence-corrected chi connectivity index (χ1v) is 12.9. The highest BCUT2D eigenvalue weighted by molar-refractivity contribution is 7.92. The standard InChI is InChI=1S/C19H23N3O8S2/c1-13(14-5-8-16(9-6-14)31(3,26)27)20-19(23)12-21(32(4,28)29)17-11-15(22(24)25)7-10-18(17)30-2/h5-11,13H,12H2,1-4H3,(H,20,23)/t13-/m0/s1. The number of carbonyl (C=O) groups is 1. The lowest BCUT2D eigenvalue weighted by Crippen LogP contribution is -2.41. The molecule has 2 rings (SSSR count). The van der Waals surface area contributed by atoms with E-state index in [1.165, 1.54) is 25.3 Å². The van der Waals surface area contributed by atoms with Crippen molar-refractivity contribution in [2.75, 3.05) is 30.5 Å². The third kappa shape index (κ3) is 6.17. The quantitative estimate of drug-likeness (QED) is 0.415. The minimum Gasteiger partial charge on any atom is -0.495 e. The van der Waals surface area contributed by atoms with Gasteiger partial charge in [-0.2, -0.15) is 0 Å². The summed E-state index contributed by atoms with van der Waals surface area (Å²) in [5.74, 6) is -0.637. The topological polar surface area (TPSA) is 153 Å². The predicted molar refractivity (Wildman–Crippen MR) is 118 cm³/mol. The van der Waals surface area contributed by atoms with Crippen LogP contribution in [-0.4, -0.2) is 53.8 Å². The monoisotopic (exact) mass is 485 g/mol. The second-order valence-corrected chi connectivity index (χ2v) is 10.9. The van der Waals surface area contributed by atoms with Crippen molar-refractivity contribution in [3.63, 3.8) is 0 Å². The molecule has 11 nitrogen and oxygen atoms in total. The lowest BCUT2D eigenvalue weighted by Gasteiger charge is -2.24. The maximum Gasteiger partial charge on any atom is 0.271 e. The second-order valence-electron chi connectivity index (χ2n) is 7.01. The number of rotatable bonds is 9. The number of sulfone groups is 1. The number of methoxy groups -OCH3 is 1. The zero-order valence-corrected chi connectivity index (χ0v) is 19.4.